The van der Waals surface area contributed by atoms with Crippen molar-refractivity contribution < 1.29 is 23.9 Å². The van der Waals surface area contributed by atoms with Crippen LogP contribution in [0.1, 0.15) is 22.0 Å². The molecule has 1 aliphatic rings. The van der Waals surface area contributed by atoms with Gasteiger partial charge in [0.05, 0.1) is 7.11 Å². The van der Waals surface area contributed by atoms with E-state index < -0.39 is 30.1 Å². The Morgan fingerprint density at radius 3 is 2.17 bits per heavy atom. The van der Waals surface area contributed by atoms with Crippen molar-refractivity contribution in [2.75, 3.05) is 7.11 Å². The molecule has 0 aliphatic carbocycles. The van der Waals surface area contributed by atoms with Crippen LogP contribution in [0, 0.1) is 0 Å². The minimum atomic E-state index is -1.20. The second kappa shape index (κ2) is 6.54. The van der Waals surface area contributed by atoms with Crippen LogP contribution < -0.4 is 0 Å². The van der Waals surface area contributed by atoms with E-state index in [1.807, 2.05) is 0 Å². The van der Waals surface area contributed by atoms with Crippen LogP contribution in [0.5, 0.6) is 0 Å². The van der Waals surface area contributed by atoms with Crippen molar-refractivity contribution >= 4 is 18.0 Å². The molecule has 2 amide bonds. The van der Waals surface area contributed by atoms with Crippen molar-refractivity contribution in [3.05, 3.63) is 71.8 Å². The minimum Gasteiger partial charge on any atom is -0.466 e. The molecular weight excluding hydrogens is 310 g/mol. The SMILES string of the molecule is COC(=O)[C@H]1OC(=O)N(C(=O)c2ccccc2)[C@@H]1c1ccccc1. The van der Waals surface area contributed by atoms with Gasteiger partial charge in [0, 0.05) is 5.56 Å². The van der Waals surface area contributed by atoms with Crippen molar-refractivity contribution in [3.8, 4) is 0 Å². The molecule has 0 spiro atoms. The van der Waals surface area contributed by atoms with Gasteiger partial charge in [-0.3, -0.25) is 4.79 Å². The number of benzene rings is 2. The molecule has 1 heterocycles. The van der Waals surface area contributed by atoms with E-state index in [9.17, 15) is 14.4 Å². The van der Waals surface area contributed by atoms with E-state index in [-0.39, 0.29) is 0 Å². The summed E-state index contributed by atoms with van der Waals surface area (Å²) in [6.45, 7) is 0. The fraction of sp³-hybridized carbons (Fsp3) is 0.167. The lowest BCUT2D eigenvalue weighted by Gasteiger charge is -2.22. The van der Waals surface area contributed by atoms with Crippen LogP contribution in [0.3, 0.4) is 0 Å². The third-order valence-corrected chi connectivity index (χ3v) is 3.80. The number of amides is 2. The Hall–Kier alpha value is -3.15. The number of carbonyl (C=O) groups is 3. The molecule has 122 valence electrons. The first-order valence-corrected chi connectivity index (χ1v) is 7.35. The van der Waals surface area contributed by atoms with Gasteiger partial charge >= 0.3 is 12.1 Å². The van der Waals surface area contributed by atoms with Crippen molar-refractivity contribution in [2.45, 2.75) is 12.1 Å². The summed E-state index contributed by atoms with van der Waals surface area (Å²) in [5.41, 5.74) is 0.948. The van der Waals surface area contributed by atoms with Gasteiger partial charge in [0.2, 0.25) is 6.10 Å². The average Bonchev–Trinajstić information content (AvgIpc) is 2.99. The summed E-state index contributed by atoms with van der Waals surface area (Å²) in [5.74, 6) is -1.23. The summed E-state index contributed by atoms with van der Waals surface area (Å²) >= 11 is 0. The minimum absolute atomic E-state index is 0.334. The van der Waals surface area contributed by atoms with E-state index in [1.54, 1.807) is 60.7 Å². The van der Waals surface area contributed by atoms with Gasteiger partial charge in [0.1, 0.15) is 6.04 Å². The topological polar surface area (TPSA) is 72.9 Å². The molecule has 6 heteroatoms. The van der Waals surface area contributed by atoms with E-state index in [1.165, 1.54) is 7.11 Å². The Balaban J connectivity index is 2.04. The first kappa shape index (κ1) is 15.7. The number of hydrogen-bond donors (Lipinski definition) is 0. The molecule has 0 N–H and O–H groups in total. The number of nitrogens with zero attached hydrogens (tertiary/aromatic N) is 1. The fourth-order valence-electron chi connectivity index (χ4n) is 2.68. The van der Waals surface area contributed by atoms with Crippen LogP contribution in [0.4, 0.5) is 4.79 Å². The quantitative estimate of drug-likeness (QED) is 0.811. The van der Waals surface area contributed by atoms with Crippen molar-refractivity contribution in [2.24, 2.45) is 0 Å². The second-order valence-electron chi connectivity index (χ2n) is 5.22. The van der Waals surface area contributed by atoms with Crippen molar-refractivity contribution in [1.82, 2.24) is 4.90 Å². The molecule has 3 rings (SSSR count). The molecular formula is C18H15NO5. The lowest BCUT2D eigenvalue weighted by molar-refractivity contribution is -0.150. The fourth-order valence-corrected chi connectivity index (χ4v) is 2.68. The molecule has 1 fully saturated rings. The van der Waals surface area contributed by atoms with E-state index in [2.05, 4.69) is 0 Å². The molecule has 2 atom stereocenters. The maximum Gasteiger partial charge on any atom is 0.418 e. The highest BCUT2D eigenvalue weighted by Gasteiger charge is 2.50. The van der Waals surface area contributed by atoms with Crippen LogP contribution >= 0.6 is 0 Å². The molecule has 2 aromatic rings. The van der Waals surface area contributed by atoms with Gasteiger partial charge in [-0.15, -0.1) is 0 Å². The number of ether oxygens (including phenoxy) is 2. The number of cyclic esters (lactones) is 1. The molecule has 0 radical (unpaired) electrons. The van der Waals surface area contributed by atoms with E-state index >= 15 is 0 Å². The predicted octanol–water partition coefficient (Wildman–Crippen LogP) is 2.56. The van der Waals surface area contributed by atoms with Crippen LogP contribution in [0.2, 0.25) is 0 Å². The largest absolute Gasteiger partial charge is 0.466 e. The van der Waals surface area contributed by atoms with Gasteiger partial charge in [-0.1, -0.05) is 48.5 Å². The van der Waals surface area contributed by atoms with E-state index in [4.69, 9.17) is 9.47 Å². The lowest BCUT2D eigenvalue weighted by Crippen LogP contribution is -2.37. The highest BCUT2D eigenvalue weighted by molar-refractivity contribution is 6.05. The molecule has 2 aromatic carbocycles. The van der Waals surface area contributed by atoms with Gasteiger partial charge in [-0.2, -0.15) is 0 Å². The number of esters is 1. The Morgan fingerprint density at radius 1 is 1.00 bits per heavy atom. The number of methoxy groups -OCH3 is 1. The molecule has 1 aliphatic heterocycles. The monoisotopic (exact) mass is 325 g/mol. The maximum absolute atomic E-state index is 12.8. The molecule has 1 saturated heterocycles. The zero-order chi connectivity index (χ0) is 17.1. The smallest absolute Gasteiger partial charge is 0.418 e. The molecule has 0 saturated carbocycles. The Bertz CT molecular complexity index is 759. The van der Waals surface area contributed by atoms with E-state index in [0.717, 1.165) is 4.90 Å². The molecule has 0 aromatic heterocycles. The summed E-state index contributed by atoms with van der Waals surface area (Å²) in [6.07, 6.45) is -2.06. The Labute approximate surface area is 138 Å². The average molecular weight is 325 g/mol. The number of hydrogen-bond acceptors (Lipinski definition) is 5. The molecule has 0 unspecified atom stereocenters. The molecule has 24 heavy (non-hydrogen) atoms. The predicted molar refractivity (Wildman–Crippen MR) is 84.1 cm³/mol. The molecule has 0 bridgehead atoms. The summed E-state index contributed by atoms with van der Waals surface area (Å²) < 4.78 is 9.84. The van der Waals surface area contributed by atoms with Gasteiger partial charge in [0.15, 0.2) is 0 Å². The highest BCUT2D eigenvalue weighted by Crippen LogP contribution is 2.35. The van der Waals surface area contributed by atoms with Gasteiger partial charge in [-0.25, -0.2) is 14.5 Å². The zero-order valence-electron chi connectivity index (χ0n) is 12.9. The van der Waals surface area contributed by atoms with Gasteiger partial charge in [-0.05, 0) is 17.7 Å². The summed E-state index contributed by atoms with van der Waals surface area (Å²) in [5, 5.41) is 0. The highest BCUT2D eigenvalue weighted by atomic mass is 16.6. The number of imide groups is 1. The second-order valence-corrected chi connectivity index (χ2v) is 5.22. The first-order valence-electron chi connectivity index (χ1n) is 7.35. The van der Waals surface area contributed by atoms with E-state index in [0.29, 0.717) is 11.1 Å². The van der Waals surface area contributed by atoms with Gasteiger partial charge in [0.25, 0.3) is 5.91 Å². The third-order valence-electron chi connectivity index (χ3n) is 3.80. The first-order chi connectivity index (χ1) is 11.6. The summed E-state index contributed by atoms with van der Waals surface area (Å²) in [6, 6.07) is 16.3. The van der Waals surface area contributed by atoms with Crippen molar-refractivity contribution in [1.29, 1.82) is 0 Å². The zero-order valence-corrected chi connectivity index (χ0v) is 12.9. The number of carbonyl (C=O) groups excluding carboxylic acids is 3. The van der Waals surface area contributed by atoms with Crippen LogP contribution in [-0.4, -0.2) is 36.1 Å². The molecule has 6 nitrogen and oxygen atoms in total. The maximum atomic E-state index is 12.8. The Morgan fingerprint density at radius 2 is 1.58 bits per heavy atom. The normalized spacial score (nSPS) is 19.7. The lowest BCUT2D eigenvalue weighted by atomic mass is 10.00. The van der Waals surface area contributed by atoms with Gasteiger partial charge < -0.3 is 9.47 Å². The summed E-state index contributed by atoms with van der Waals surface area (Å²) in [4.78, 5) is 38.0. The van der Waals surface area contributed by atoms with Crippen LogP contribution in [0.15, 0.2) is 60.7 Å². The van der Waals surface area contributed by atoms with Crippen molar-refractivity contribution in [3.63, 3.8) is 0 Å². The number of rotatable bonds is 3. The van der Waals surface area contributed by atoms with Crippen LogP contribution in [0.25, 0.3) is 0 Å². The van der Waals surface area contributed by atoms with Crippen LogP contribution in [-0.2, 0) is 14.3 Å². The summed E-state index contributed by atoms with van der Waals surface area (Å²) in [7, 11) is 1.21. The Kier molecular flexibility index (Phi) is 4.29. The standard InChI is InChI=1S/C18H15NO5/c1-23-17(21)15-14(12-8-4-2-5-9-12)19(18(22)24-15)16(20)13-10-6-3-7-11-13/h2-11,14-15H,1H3/t14-,15+/m1/s1. The third kappa shape index (κ3) is 2.74.